The molecule has 0 aliphatic heterocycles. The summed E-state index contributed by atoms with van der Waals surface area (Å²) in [5.41, 5.74) is 2.10. The Bertz CT molecular complexity index is 1570. The van der Waals surface area contributed by atoms with Crippen LogP contribution in [0.15, 0.2) is 69.4 Å². The van der Waals surface area contributed by atoms with Gasteiger partial charge in [-0.05, 0) is 63.8 Å². The molecule has 1 amide bonds. The molecular formula is C23H17BrF2N4O3S2. The van der Waals surface area contributed by atoms with E-state index in [2.05, 4.69) is 38.3 Å². The molecule has 0 unspecified atom stereocenters. The van der Waals surface area contributed by atoms with E-state index in [1.807, 2.05) is 24.3 Å². The fraction of sp³-hybridized carbons (Fsp3) is 0.174. The van der Waals surface area contributed by atoms with Crippen LogP contribution in [0.4, 0.5) is 8.78 Å². The number of nitrogens with one attached hydrogen (secondary N) is 1. The quantitative estimate of drug-likeness (QED) is 0.312. The zero-order valence-electron chi connectivity index (χ0n) is 17.9. The maximum atomic E-state index is 13.9. The number of aromatic nitrogens is 3. The van der Waals surface area contributed by atoms with E-state index in [1.54, 1.807) is 9.29 Å². The Hall–Kier alpha value is -2.83. The highest BCUT2D eigenvalue weighted by atomic mass is 79.9. The van der Waals surface area contributed by atoms with Crippen molar-refractivity contribution >= 4 is 54.4 Å². The number of hydrogen-bond acceptors (Lipinski definition) is 6. The van der Waals surface area contributed by atoms with Gasteiger partial charge in [0.15, 0.2) is 5.16 Å². The summed E-state index contributed by atoms with van der Waals surface area (Å²) in [7, 11) is -4.51. The van der Waals surface area contributed by atoms with Crippen LogP contribution in [0.3, 0.4) is 0 Å². The number of benzene rings is 3. The highest BCUT2D eigenvalue weighted by Crippen LogP contribution is 2.44. The first kappa shape index (κ1) is 23.9. The Morgan fingerprint density at radius 3 is 2.54 bits per heavy atom. The van der Waals surface area contributed by atoms with Crippen molar-refractivity contribution < 1.29 is 22.0 Å². The molecule has 5 rings (SSSR count). The highest BCUT2D eigenvalue weighted by Gasteiger charge is 2.27. The van der Waals surface area contributed by atoms with E-state index in [9.17, 15) is 22.0 Å². The van der Waals surface area contributed by atoms with Gasteiger partial charge in [0.05, 0.1) is 11.4 Å². The lowest BCUT2D eigenvalue weighted by Gasteiger charge is -2.14. The third-order valence-corrected chi connectivity index (χ3v) is 8.40. The van der Waals surface area contributed by atoms with E-state index in [4.69, 9.17) is 0 Å². The number of rotatable bonds is 7. The fourth-order valence-electron chi connectivity index (χ4n) is 3.86. The molecule has 35 heavy (non-hydrogen) atoms. The first-order valence-electron chi connectivity index (χ1n) is 10.5. The van der Waals surface area contributed by atoms with E-state index in [-0.39, 0.29) is 5.75 Å². The van der Waals surface area contributed by atoms with Gasteiger partial charge < -0.3 is 0 Å². The van der Waals surface area contributed by atoms with Gasteiger partial charge in [-0.3, -0.25) is 9.36 Å². The van der Waals surface area contributed by atoms with Crippen LogP contribution in [0.1, 0.15) is 24.3 Å². The maximum absolute atomic E-state index is 13.9. The zero-order valence-corrected chi connectivity index (χ0v) is 21.1. The van der Waals surface area contributed by atoms with Crippen molar-refractivity contribution in [2.75, 3.05) is 5.75 Å². The third kappa shape index (κ3) is 4.82. The van der Waals surface area contributed by atoms with Crippen LogP contribution < -0.4 is 4.72 Å². The summed E-state index contributed by atoms with van der Waals surface area (Å²) in [5.74, 6) is -2.87. The molecular weight excluding hydrogens is 562 g/mol. The van der Waals surface area contributed by atoms with Crippen LogP contribution in [-0.2, 0) is 14.8 Å². The molecule has 3 aromatic carbocycles. The van der Waals surface area contributed by atoms with Crippen molar-refractivity contribution in [2.45, 2.75) is 28.8 Å². The van der Waals surface area contributed by atoms with Gasteiger partial charge in [0, 0.05) is 11.5 Å². The number of hydrogen-bond donors (Lipinski definition) is 1. The number of amides is 1. The van der Waals surface area contributed by atoms with Crippen molar-refractivity contribution in [3.63, 3.8) is 0 Å². The number of carbonyl (C=O) groups is 1. The Balaban J connectivity index is 1.38. The number of thioether (sulfide) groups is 1. The minimum Gasteiger partial charge on any atom is -0.273 e. The second kappa shape index (κ2) is 9.32. The predicted molar refractivity (Wildman–Crippen MR) is 131 cm³/mol. The largest absolute Gasteiger partial charge is 0.273 e. The molecule has 1 heterocycles. The molecule has 1 aromatic heterocycles. The topological polar surface area (TPSA) is 93.9 Å². The molecule has 0 spiro atoms. The molecule has 0 saturated heterocycles. The van der Waals surface area contributed by atoms with Gasteiger partial charge >= 0.3 is 0 Å². The molecule has 1 N–H and O–H groups in total. The van der Waals surface area contributed by atoms with Crippen molar-refractivity contribution in [3.05, 3.63) is 76.5 Å². The summed E-state index contributed by atoms with van der Waals surface area (Å²) in [6, 6.07) is 14.1. The number of sulfonamides is 1. The molecule has 1 saturated carbocycles. The Kier molecular flexibility index (Phi) is 6.36. The summed E-state index contributed by atoms with van der Waals surface area (Å²) in [6.07, 6.45) is 2.33. The van der Waals surface area contributed by atoms with Crippen LogP contribution in [0, 0.1) is 11.6 Å². The van der Waals surface area contributed by atoms with Gasteiger partial charge in [0.1, 0.15) is 16.5 Å². The molecule has 0 atom stereocenters. The Labute approximate surface area is 212 Å². The molecule has 180 valence electrons. The predicted octanol–water partition coefficient (Wildman–Crippen LogP) is 4.94. The van der Waals surface area contributed by atoms with E-state index in [1.165, 1.54) is 18.4 Å². The van der Waals surface area contributed by atoms with Gasteiger partial charge in [-0.15, -0.1) is 10.2 Å². The van der Waals surface area contributed by atoms with Crippen molar-refractivity contribution in [2.24, 2.45) is 0 Å². The molecule has 7 nitrogen and oxygen atoms in total. The second-order valence-electron chi connectivity index (χ2n) is 7.97. The third-order valence-electron chi connectivity index (χ3n) is 5.55. The lowest BCUT2D eigenvalue weighted by Crippen LogP contribution is -2.32. The van der Waals surface area contributed by atoms with E-state index in [0.29, 0.717) is 21.9 Å². The van der Waals surface area contributed by atoms with Crippen LogP contribution in [0.5, 0.6) is 0 Å². The van der Waals surface area contributed by atoms with Crippen LogP contribution in [-0.4, -0.2) is 34.8 Å². The zero-order chi connectivity index (χ0) is 24.7. The van der Waals surface area contributed by atoms with E-state index < -0.39 is 32.5 Å². The molecule has 1 aliphatic rings. The minimum atomic E-state index is -4.51. The normalized spacial score (nSPS) is 13.8. The Morgan fingerprint density at radius 1 is 1.09 bits per heavy atom. The first-order valence-corrected chi connectivity index (χ1v) is 13.8. The van der Waals surface area contributed by atoms with Crippen LogP contribution >= 0.6 is 27.7 Å². The summed E-state index contributed by atoms with van der Waals surface area (Å²) < 4.78 is 55.7. The van der Waals surface area contributed by atoms with Crippen molar-refractivity contribution in [3.8, 4) is 5.69 Å². The first-order chi connectivity index (χ1) is 16.7. The average molecular weight is 579 g/mol. The average Bonchev–Trinajstić information content (AvgIpc) is 3.59. The summed E-state index contributed by atoms with van der Waals surface area (Å²) in [5, 5.41) is 10.7. The van der Waals surface area contributed by atoms with Gasteiger partial charge in [-0.1, -0.05) is 42.1 Å². The number of nitrogens with zero attached hydrogens (tertiary/aromatic N) is 3. The molecule has 12 heteroatoms. The van der Waals surface area contributed by atoms with Crippen LogP contribution in [0.2, 0.25) is 0 Å². The van der Waals surface area contributed by atoms with Gasteiger partial charge in [0.2, 0.25) is 10.6 Å². The van der Waals surface area contributed by atoms with Crippen molar-refractivity contribution in [1.82, 2.24) is 19.5 Å². The molecule has 4 aromatic rings. The minimum absolute atomic E-state index is 0.328. The lowest BCUT2D eigenvalue weighted by molar-refractivity contribution is -0.116. The van der Waals surface area contributed by atoms with E-state index in [0.717, 1.165) is 40.4 Å². The van der Waals surface area contributed by atoms with Crippen molar-refractivity contribution in [1.29, 1.82) is 0 Å². The molecule has 0 bridgehead atoms. The summed E-state index contributed by atoms with van der Waals surface area (Å²) >= 11 is 4.38. The van der Waals surface area contributed by atoms with Gasteiger partial charge in [0.25, 0.3) is 10.0 Å². The molecule has 1 fully saturated rings. The number of halogens is 3. The smallest absolute Gasteiger partial charge is 0.266 e. The summed E-state index contributed by atoms with van der Waals surface area (Å²) in [6.45, 7) is 0. The number of carbonyl (C=O) groups excluding carboxylic acids is 1. The fourth-order valence-corrected chi connectivity index (χ4v) is 6.29. The lowest BCUT2D eigenvalue weighted by atomic mass is 9.99. The van der Waals surface area contributed by atoms with Gasteiger partial charge in [-0.25, -0.2) is 21.9 Å². The standard InChI is InChI=1S/C23H17BrF2N4O3S2/c24-22-27-28-23(34-12-21(31)29-35(32,33)20-10-7-14(25)11-18(20)26)30(22)19-9-8-15(13-5-6-13)16-3-1-2-4-17(16)19/h1-4,7-11,13H,5-6,12H2,(H,29,31). The Morgan fingerprint density at radius 2 is 1.83 bits per heavy atom. The molecule has 1 aliphatic carbocycles. The summed E-state index contributed by atoms with van der Waals surface area (Å²) in [4.78, 5) is 11.6. The van der Waals surface area contributed by atoms with Gasteiger partial charge in [-0.2, -0.15) is 0 Å². The second-order valence-corrected chi connectivity index (χ2v) is 11.3. The maximum Gasteiger partial charge on any atom is 0.266 e. The SMILES string of the molecule is O=C(CSc1nnc(Br)n1-c1ccc(C2CC2)c2ccccc12)NS(=O)(=O)c1ccc(F)cc1F. The monoisotopic (exact) mass is 578 g/mol. The van der Waals surface area contributed by atoms with Crippen LogP contribution in [0.25, 0.3) is 16.5 Å². The molecule has 0 radical (unpaired) electrons. The number of fused-ring (bicyclic) bond motifs is 1. The van der Waals surface area contributed by atoms with E-state index >= 15 is 0 Å². The highest BCUT2D eigenvalue weighted by molar-refractivity contribution is 9.10.